The Bertz CT molecular complexity index is 622. The Balaban J connectivity index is 3.25. The van der Waals surface area contributed by atoms with Gasteiger partial charge in [0.05, 0.1) is 0 Å². The monoisotopic (exact) mass is 236 g/mol. The van der Waals surface area contributed by atoms with Crippen molar-refractivity contribution in [3.63, 3.8) is 0 Å². The van der Waals surface area contributed by atoms with Gasteiger partial charge in [0.25, 0.3) is 0 Å². The van der Waals surface area contributed by atoms with Gasteiger partial charge >= 0.3 is 0 Å². The van der Waals surface area contributed by atoms with Gasteiger partial charge in [-0.05, 0) is 19.1 Å². The minimum Gasteiger partial charge on any atom is -0.345 e. The average molecular weight is 236 g/mol. The van der Waals surface area contributed by atoms with E-state index in [0.717, 1.165) is 5.56 Å². The van der Waals surface area contributed by atoms with Crippen molar-refractivity contribution in [2.75, 3.05) is 5.32 Å². The molecular formula is C13H8N4O. The van der Waals surface area contributed by atoms with Crippen LogP contribution in [0.1, 0.15) is 15.9 Å². The summed E-state index contributed by atoms with van der Waals surface area (Å²) in [6.45, 7) is 1.83. The first-order valence-electron chi connectivity index (χ1n) is 4.93. The van der Waals surface area contributed by atoms with E-state index in [1.165, 1.54) is 0 Å². The number of rotatable bonds is 3. The van der Waals surface area contributed by atoms with Crippen molar-refractivity contribution >= 4 is 12.0 Å². The summed E-state index contributed by atoms with van der Waals surface area (Å²) in [6.07, 6.45) is 0.642. The van der Waals surface area contributed by atoms with E-state index in [4.69, 9.17) is 15.8 Å². The van der Waals surface area contributed by atoms with Crippen molar-refractivity contribution in [3.05, 3.63) is 40.6 Å². The van der Waals surface area contributed by atoms with E-state index in [0.29, 0.717) is 17.5 Å². The summed E-state index contributed by atoms with van der Waals surface area (Å²) in [7, 11) is 0. The number of nitrogens with one attached hydrogen (secondary N) is 1. The van der Waals surface area contributed by atoms with Crippen LogP contribution < -0.4 is 5.32 Å². The highest BCUT2D eigenvalue weighted by molar-refractivity contribution is 5.85. The number of aryl methyl sites for hydroxylation is 1. The van der Waals surface area contributed by atoms with E-state index < -0.39 is 0 Å². The Kier molecular flexibility index (Phi) is 4.21. The van der Waals surface area contributed by atoms with Crippen LogP contribution in [0, 0.1) is 40.9 Å². The lowest BCUT2D eigenvalue weighted by molar-refractivity contribution is 0.112. The molecule has 0 unspecified atom stereocenters. The van der Waals surface area contributed by atoms with Crippen molar-refractivity contribution in [2.45, 2.75) is 6.92 Å². The molecule has 0 saturated carbocycles. The lowest BCUT2D eigenvalue weighted by atomic mass is 10.1. The SMILES string of the molecule is Cc1ccc(NC(C#N)=C(C#N)C#N)c(C=O)c1. The Morgan fingerprint density at radius 1 is 1.22 bits per heavy atom. The molecule has 1 aromatic rings. The van der Waals surface area contributed by atoms with Gasteiger partial charge in [-0.15, -0.1) is 0 Å². The van der Waals surface area contributed by atoms with Gasteiger partial charge < -0.3 is 5.32 Å². The second-order valence-corrected chi connectivity index (χ2v) is 3.42. The van der Waals surface area contributed by atoms with Gasteiger partial charge in [0.2, 0.25) is 0 Å². The Hall–Kier alpha value is -3.10. The molecule has 0 heterocycles. The van der Waals surface area contributed by atoms with Gasteiger partial charge in [0, 0.05) is 11.3 Å². The van der Waals surface area contributed by atoms with Crippen molar-refractivity contribution in [3.8, 4) is 18.2 Å². The highest BCUT2D eigenvalue weighted by Gasteiger charge is 2.08. The third-order valence-corrected chi connectivity index (χ3v) is 2.18. The fraction of sp³-hybridized carbons (Fsp3) is 0.0769. The molecule has 0 saturated heterocycles. The topological polar surface area (TPSA) is 100 Å². The zero-order chi connectivity index (χ0) is 13.5. The highest BCUT2D eigenvalue weighted by Crippen LogP contribution is 2.18. The number of allylic oxidation sites excluding steroid dienone is 2. The normalized spacial score (nSPS) is 8.33. The number of carbonyl (C=O) groups is 1. The molecule has 0 atom stereocenters. The minimum absolute atomic E-state index is 0.174. The molecule has 1 N–H and O–H groups in total. The maximum atomic E-state index is 10.9. The van der Waals surface area contributed by atoms with Crippen LogP contribution in [0.3, 0.4) is 0 Å². The summed E-state index contributed by atoms with van der Waals surface area (Å²) in [6, 6.07) is 9.97. The van der Waals surface area contributed by atoms with E-state index in [1.54, 1.807) is 36.4 Å². The van der Waals surface area contributed by atoms with Crippen LogP contribution >= 0.6 is 0 Å². The molecule has 86 valence electrons. The molecular weight excluding hydrogens is 228 g/mol. The second-order valence-electron chi connectivity index (χ2n) is 3.42. The van der Waals surface area contributed by atoms with E-state index >= 15 is 0 Å². The van der Waals surface area contributed by atoms with E-state index in [9.17, 15) is 4.79 Å². The van der Waals surface area contributed by atoms with Crippen LogP contribution in [-0.2, 0) is 0 Å². The van der Waals surface area contributed by atoms with Crippen LogP contribution in [0.2, 0.25) is 0 Å². The Labute approximate surface area is 104 Å². The van der Waals surface area contributed by atoms with Gasteiger partial charge in [0.15, 0.2) is 11.9 Å². The number of hydrogen-bond donors (Lipinski definition) is 1. The minimum atomic E-state index is -0.324. The van der Waals surface area contributed by atoms with Crippen molar-refractivity contribution in [2.24, 2.45) is 0 Å². The van der Waals surface area contributed by atoms with E-state index in [2.05, 4.69) is 5.32 Å². The second kappa shape index (κ2) is 5.84. The van der Waals surface area contributed by atoms with Gasteiger partial charge in [-0.2, -0.15) is 15.8 Å². The van der Waals surface area contributed by atoms with Crippen LogP contribution in [0.25, 0.3) is 0 Å². The fourth-order valence-electron chi connectivity index (χ4n) is 1.31. The summed E-state index contributed by atoms with van der Waals surface area (Å²) in [5, 5.41) is 28.9. The number of anilines is 1. The number of carbonyl (C=O) groups excluding carboxylic acids is 1. The highest BCUT2D eigenvalue weighted by atomic mass is 16.1. The number of nitrogens with zero attached hydrogens (tertiary/aromatic N) is 3. The number of nitriles is 3. The third-order valence-electron chi connectivity index (χ3n) is 2.18. The molecule has 0 aliphatic carbocycles. The first-order valence-corrected chi connectivity index (χ1v) is 4.93. The zero-order valence-corrected chi connectivity index (χ0v) is 9.56. The first-order chi connectivity index (χ1) is 8.65. The molecule has 0 spiro atoms. The smallest absolute Gasteiger partial charge is 0.163 e. The number of benzene rings is 1. The maximum absolute atomic E-state index is 10.9. The quantitative estimate of drug-likeness (QED) is 0.639. The van der Waals surface area contributed by atoms with Crippen molar-refractivity contribution in [1.29, 1.82) is 15.8 Å². The largest absolute Gasteiger partial charge is 0.345 e. The van der Waals surface area contributed by atoms with Crippen molar-refractivity contribution < 1.29 is 4.79 Å². The average Bonchev–Trinajstić information content (AvgIpc) is 2.40. The molecule has 5 heteroatoms. The molecule has 0 aromatic heterocycles. The summed E-state index contributed by atoms with van der Waals surface area (Å²) < 4.78 is 0. The predicted molar refractivity (Wildman–Crippen MR) is 64.1 cm³/mol. The van der Waals surface area contributed by atoms with Crippen molar-refractivity contribution in [1.82, 2.24) is 0 Å². The predicted octanol–water partition coefficient (Wildman–Crippen LogP) is 2.04. The standard InChI is InChI=1S/C13H8N4O/c1-9-2-3-12(10(4-9)8-18)17-13(7-16)11(5-14)6-15/h2-4,8,17H,1H3. The van der Waals surface area contributed by atoms with Gasteiger partial charge in [0.1, 0.15) is 23.9 Å². The van der Waals surface area contributed by atoms with E-state index in [1.807, 2.05) is 6.92 Å². The summed E-state index contributed by atoms with van der Waals surface area (Å²) in [5.74, 6) is 0. The fourth-order valence-corrected chi connectivity index (χ4v) is 1.31. The first kappa shape index (κ1) is 13.0. The maximum Gasteiger partial charge on any atom is 0.163 e. The molecule has 0 amide bonds. The van der Waals surface area contributed by atoms with Gasteiger partial charge in [-0.1, -0.05) is 11.6 Å². The Morgan fingerprint density at radius 2 is 1.89 bits per heavy atom. The number of hydrogen-bond acceptors (Lipinski definition) is 5. The third kappa shape index (κ3) is 2.72. The van der Waals surface area contributed by atoms with Gasteiger partial charge in [-0.25, -0.2) is 0 Å². The van der Waals surface area contributed by atoms with Crippen LogP contribution in [0.4, 0.5) is 5.69 Å². The lowest BCUT2D eigenvalue weighted by Gasteiger charge is -2.07. The lowest BCUT2D eigenvalue weighted by Crippen LogP contribution is -2.03. The zero-order valence-electron chi connectivity index (χ0n) is 9.56. The van der Waals surface area contributed by atoms with Gasteiger partial charge in [-0.3, -0.25) is 4.79 Å². The molecule has 1 aromatic carbocycles. The summed E-state index contributed by atoms with van der Waals surface area (Å²) >= 11 is 0. The Morgan fingerprint density at radius 3 is 2.39 bits per heavy atom. The molecule has 0 aliphatic rings. The summed E-state index contributed by atoms with van der Waals surface area (Å²) in [5.41, 5.74) is 1.14. The van der Waals surface area contributed by atoms with Crippen LogP contribution in [0.5, 0.6) is 0 Å². The molecule has 0 fully saturated rings. The van der Waals surface area contributed by atoms with E-state index in [-0.39, 0.29) is 11.3 Å². The van der Waals surface area contributed by atoms with Crippen LogP contribution in [0.15, 0.2) is 29.5 Å². The molecule has 0 radical (unpaired) electrons. The summed E-state index contributed by atoms with van der Waals surface area (Å²) in [4.78, 5) is 10.9. The van der Waals surface area contributed by atoms with Crippen LogP contribution in [-0.4, -0.2) is 6.29 Å². The molecule has 0 aliphatic heterocycles. The molecule has 0 bridgehead atoms. The molecule has 5 nitrogen and oxygen atoms in total. The molecule has 18 heavy (non-hydrogen) atoms. The number of aldehydes is 1. The molecule has 1 rings (SSSR count).